The summed E-state index contributed by atoms with van der Waals surface area (Å²) in [5.74, 6) is -0.122. The van der Waals surface area contributed by atoms with Gasteiger partial charge in [-0.15, -0.1) is 0 Å². The van der Waals surface area contributed by atoms with E-state index in [-0.39, 0.29) is 17.3 Å². The van der Waals surface area contributed by atoms with E-state index in [2.05, 4.69) is 5.32 Å². The van der Waals surface area contributed by atoms with Gasteiger partial charge in [-0.1, -0.05) is 68.3 Å². The molecule has 0 aromatic heterocycles. The van der Waals surface area contributed by atoms with E-state index in [1.54, 1.807) is 24.3 Å². The summed E-state index contributed by atoms with van der Waals surface area (Å²) in [5.41, 5.74) is 2.35. The minimum absolute atomic E-state index is 0.0412. The van der Waals surface area contributed by atoms with Crippen molar-refractivity contribution < 1.29 is 22.7 Å². The summed E-state index contributed by atoms with van der Waals surface area (Å²) in [6, 6.07) is 22.2. The quantitative estimate of drug-likeness (QED) is 0.226. The molecule has 2 amide bonds. The molecule has 226 valence electrons. The summed E-state index contributed by atoms with van der Waals surface area (Å²) in [7, 11) is -4.13. The van der Waals surface area contributed by atoms with Crippen LogP contribution in [0.5, 0.6) is 5.75 Å². The molecule has 1 atom stereocenters. The molecule has 8 nitrogen and oxygen atoms in total. The van der Waals surface area contributed by atoms with Gasteiger partial charge in [0.25, 0.3) is 10.0 Å². The van der Waals surface area contributed by atoms with E-state index in [0.717, 1.165) is 28.3 Å². The molecule has 3 aromatic carbocycles. The smallest absolute Gasteiger partial charge is 0.264 e. The van der Waals surface area contributed by atoms with Crippen LogP contribution in [0, 0.1) is 6.92 Å². The Bertz CT molecular complexity index is 1380. The molecule has 3 aromatic rings. The van der Waals surface area contributed by atoms with Gasteiger partial charge in [0.15, 0.2) is 0 Å². The number of nitrogens with zero attached hydrogens (tertiary/aromatic N) is 2. The van der Waals surface area contributed by atoms with Gasteiger partial charge in [0.05, 0.1) is 17.2 Å². The number of amides is 2. The lowest BCUT2D eigenvalue weighted by Crippen LogP contribution is -2.53. The van der Waals surface area contributed by atoms with Crippen molar-refractivity contribution in [2.45, 2.75) is 64.3 Å². The van der Waals surface area contributed by atoms with Crippen LogP contribution in [0.1, 0.15) is 51.2 Å². The first-order valence-electron chi connectivity index (χ1n) is 14.6. The molecule has 1 N–H and O–H groups in total. The van der Waals surface area contributed by atoms with Gasteiger partial charge in [0.1, 0.15) is 18.3 Å². The molecule has 0 radical (unpaired) electrons. The topological polar surface area (TPSA) is 96.0 Å². The van der Waals surface area contributed by atoms with E-state index in [1.165, 1.54) is 17.0 Å². The van der Waals surface area contributed by atoms with E-state index < -0.39 is 28.5 Å². The number of rotatable bonds is 16. The van der Waals surface area contributed by atoms with E-state index in [0.29, 0.717) is 37.4 Å². The Kier molecular flexibility index (Phi) is 12.4. The van der Waals surface area contributed by atoms with Crippen LogP contribution in [0.2, 0.25) is 0 Å². The van der Waals surface area contributed by atoms with Gasteiger partial charge in [0.2, 0.25) is 11.8 Å². The van der Waals surface area contributed by atoms with Gasteiger partial charge in [-0.25, -0.2) is 8.42 Å². The first-order chi connectivity index (χ1) is 20.2. The molecule has 9 heteroatoms. The normalized spacial score (nSPS) is 11.9. The lowest BCUT2D eigenvalue weighted by molar-refractivity contribution is -0.139. The Hall–Kier alpha value is -3.85. The Labute approximate surface area is 250 Å². The van der Waals surface area contributed by atoms with E-state index in [4.69, 9.17) is 4.74 Å². The summed E-state index contributed by atoms with van der Waals surface area (Å²) in [6.07, 6.45) is 2.69. The molecule has 0 saturated carbocycles. The highest BCUT2D eigenvalue weighted by Crippen LogP contribution is 2.26. The van der Waals surface area contributed by atoms with Crippen LogP contribution in [0.25, 0.3) is 0 Å². The van der Waals surface area contributed by atoms with Crippen LogP contribution in [0.3, 0.4) is 0 Å². The van der Waals surface area contributed by atoms with E-state index in [1.807, 2.05) is 70.2 Å². The molecule has 0 bridgehead atoms. The van der Waals surface area contributed by atoms with Crippen LogP contribution in [0.15, 0.2) is 83.8 Å². The molecule has 42 heavy (non-hydrogen) atoms. The second kappa shape index (κ2) is 16.0. The number of hydrogen-bond donors (Lipinski definition) is 1. The number of hydrogen-bond acceptors (Lipinski definition) is 5. The number of unbranched alkanes of at least 4 members (excludes halogenated alkanes) is 1. The molecular formula is C33H43N3O5S. The lowest BCUT2D eigenvalue weighted by atomic mass is 10.1. The number of benzene rings is 3. The summed E-state index contributed by atoms with van der Waals surface area (Å²) < 4.78 is 34.6. The predicted octanol–water partition coefficient (Wildman–Crippen LogP) is 5.36. The molecule has 3 rings (SSSR count). The Morgan fingerprint density at radius 1 is 0.905 bits per heavy atom. The third-order valence-corrected chi connectivity index (χ3v) is 8.81. The number of aryl methyl sites for hydroxylation is 1. The minimum atomic E-state index is -4.13. The third kappa shape index (κ3) is 8.82. The number of ether oxygens (including phenoxy) is 1. The average molecular weight is 594 g/mol. The van der Waals surface area contributed by atoms with Crippen molar-refractivity contribution >= 4 is 27.5 Å². The van der Waals surface area contributed by atoms with Gasteiger partial charge in [0, 0.05) is 13.1 Å². The minimum Gasteiger partial charge on any atom is -0.494 e. The van der Waals surface area contributed by atoms with E-state index in [9.17, 15) is 18.0 Å². The van der Waals surface area contributed by atoms with Gasteiger partial charge in [-0.2, -0.15) is 0 Å². The van der Waals surface area contributed by atoms with Crippen molar-refractivity contribution in [3.63, 3.8) is 0 Å². The van der Waals surface area contributed by atoms with Crippen molar-refractivity contribution in [3.05, 3.63) is 90.0 Å². The molecule has 0 spiro atoms. The number of carbonyl (C=O) groups is 2. The summed E-state index contributed by atoms with van der Waals surface area (Å²) in [4.78, 5) is 28.9. The molecule has 0 aliphatic rings. The number of carbonyl (C=O) groups excluding carboxylic acids is 2. The first kappa shape index (κ1) is 32.7. The van der Waals surface area contributed by atoms with Crippen molar-refractivity contribution in [2.75, 3.05) is 30.5 Å². The SMILES string of the molecule is CCCCNC(=O)[C@H](CC)N(CCc1ccccc1)C(=O)CN(c1ccc(C)cc1)S(=O)(=O)c1ccc(OCC)cc1. The highest BCUT2D eigenvalue weighted by molar-refractivity contribution is 7.92. The summed E-state index contributed by atoms with van der Waals surface area (Å²) >= 11 is 0. The Morgan fingerprint density at radius 2 is 1.57 bits per heavy atom. The molecule has 0 aliphatic carbocycles. The average Bonchev–Trinajstić information content (AvgIpc) is 2.99. The second-order valence-electron chi connectivity index (χ2n) is 10.1. The largest absolute Gasteiger partial charge is 0.494 e. The summed E-state index contributed by atoms with van der Waals surface area (Å²) in [6.45, 7) is 8.47. The zero-order chi connectivity index (χ0) is 30.5. The monoisotopic (exact) mass is 593 g/mol. The first-order valence-corrected chi connectivity index (χ1v) is 16.1. The highest BCUT2D eigenvalue weighted by atomic mass is 32.2. The van der Waals surface area contributed by atoms with Crippen molar-refractivity contribution in [1.29, 1.82) is 0 Å². The molecule has 0 heterocycles. The number of nitrogens with one attached hydrogen (secondary N) is 1. The van der Waals surface area contributed by atoms with Gasteiger partial charge < -0.3 is 15.0 Å². The predicted molar refractivity (Wildman–Crippen MR) is 167 cm³/mol. The third-order valence-electron chi connectivity index (χ3n) is 7.02. The van der Waals surface area contributed by atoms with Gasteiger partial charge in [-0.05, 0) is 75.1 Å². The van der Waals surface area contributed by atoms with Crippen LogP contribution >= 0.6 is 0 Å². The lowest BCUT2D eigenvalue weighted by Gasteiger charge is -2.33. The standard InChI is InChI=1S/C33H43N3O5S/c1-5-8-23-34-33(38)31(6-2)35(24-22-27-12-10-9-11-13-27)32(37)25-36(28-16-14-26(4)15-17-28)42(39,40)30-20-18-29(19-21-30)41-7-3/h9-21,31H,5-8,22-25H2,1-4H3,(H,34,38)/t31-/m0/s1. The summed E-state index contributed by atoms with van der Waals surface area (Å²) in [5, 5.41) is 2.95. The Balaban J connectivity index is 1.97. The molecule has 0 saturated heterocycles. The van der Waals surface area contributed by atoms with Gasteiger partial charge >= 0.3 is 0 Å². The number of sulfonamides is 1. The maximum absolute atomic E-state index is 14.1. The van der Waals surface area contributed by atoms with Crippen molar-refractivity contribution in [2.24, 2.45) is 0 Å². The zero-order valence-corrected chi connectivity index (χ0v) is 25.9. The maximum Gasteiger partial charge on any atom is 0.264 e. The fraction of sp³-hybridized carbons (Fsp3) is 0.394. The van der Waals surface area contributed by atoms with Gasteiger partial charge in [-0.3, -0.25) is 13.9 Å². The molecule has 0 aliphatic heterocycles. The van der Waals surface area contributed by atoms with Crippen LogP contribution < -0.4 is 14.4 Å². The Morgan fingerprint density at radius 3 is 2.17 bits per heavy atom. The van der Waals surface area contributed by atoms with E-state index >= 15 is 0 Å². The number of anilines is 1. The van der Waals surface area contributed by atoms with Crippen LogP contribution in [-0.4, -0.2) is 57.4 Å². The molecule has 0 fully saturated rings. The fourth-order valence-electron chi connectivity index (χ4n) is 4.64. The second-order valence-corrected chi connectivity index (χ2v) is 12.0. The maximum atomic E-state index is 14.1. The van der Waals surface area contributed by atoms with Crippen molar-refractivity contribution in [1.82, 2.24) is 10.2 Å². The van der Waals surface area contributed by atoms with Crippen LogP contribution in [0.4, 0.5) is 5.69 Å². The fourth-order valence-corrected chi connectivity index (χ4v) is 6.06. The zero-order valence-electron chi connectivity index (χ0n) is 25.1. The molecular weight excluding hydrogens is 550 g/mol. The molecule has 0 unspecified atom stereocenters. The highest BCUT2D eigenvalue weighted by Gasteiger charge is 2.33. The van der Waals surface area contributed by atoms with Crippen molar-refractivity contribution in [3.8, 4) is 5.75 Å². The van der Waals surface area contributed by atoms with Crippen LogP contribution in [-0.2, 0) is 26.0 Å².